The van der Waals surface area contributed by atoms with Crippen LogP contribution in [0.15, 0.2) is 30.3 Å². The summed E-state index contributed by atoms with van der Waals surface area (Å²) in [6, 6.07) is 7.48. The molecule has 0 spiro atoms. The highest BCUT2D eigenvalue weighted by Gasteiger charge is 2.13. The summed E-state index contributed by atoms with van der Waals surface area (Å²) in [5.41, 5.74) is 5.87. The van der Waals surface area contributed by atoms with Gasteiger partial charge in [0.2, 0.25) is 0 Å². The van der Waals surface area contributed by atoms with Crippen molar-refractivity contribution in [2.24, 2.45) is 0 Å². The first-order valence-electron chi connectivity index (χ1n) is 5.86. The van der Waals surface area contributed by atoms with Crippen LogP contribution in [0.1, 0.15) is 6.92 Å². The molecular weight excluding hydrogens is 304 g/mol. The molecule has 0 atom stereocenters. The topological polar surface area (TPSA) is 44.5 Å². The molecule has 0 amide bonds. The first kappa shape index (κ1) is 14.8. The number of nitrogen functional groups attached to an aromatic ring is 1. The summed E-state index contributed by atoms with van der Waals surface area (Å²) in [6.45, 7) is 2.09. The highest BCUT2D eigenvalue weighted by molar-refractivity contribution is 6.42. The molecule has 2 rings (SSSR count). The van der Waals surface area contributed by atoms with Crippen LogP contribution in [0.5, 0.6) is 17.2 Å². The molecule has 0 aromatic heterocycles. The molecular formula is C14H12Cl2FNO2. The zero-order valence-corrected chi connectivity index (χ0v) is 12.1. The average Bonchev–Trinajstić information content (AvgIpc) is 2.40. The van der Waals surface area contributed by atoms with Crippen LogP contribution in [-0.4, -0.2) is 6.61 Å². The molecule has 2 aromatic rings. The molecule has 0 unspecified atom stereocenters. The van der Waals surface area contributed by atoms with Crippen molar-refractivity contribution >= 4 is 28.9 Å². The Labute approximate surface area is 126 Å². The summed E-state index contributed by atoms with van der Waals surface area (Å²) in [6.07, 6.45) is 0. The van der Waals surface area contributed by atoms with E-state index in [1.165, 1.54) is 6.07 Å². The molecule has 0 aliphatic rings. The quantitative estimate of drug-likeness (QED) is 0.816. The molecule has 20 heavy (non-hydrogen) atoms. The second-order valence-corrected chi connectivity index (χ2v) is 4.69. The molecule has 0 aliphatic carbocycles. The van der Waals surface area contributed by atoms with Crippen molar-refractivity contribution in [3.8, 4) is 17.2 Å². The maximum atomic E-state index is 13.6. The van der Waals surface area contributed by atoms with Gasteiger partial charge in [-0.2, -0.15) is 0 Å². The first-order chi connectivity index (χ1) is 9.52. The zero-order chi connectivity index (χ0) is 14.7. The Morgan fingerprint density at radius 1 is 1.15 bits per heavy atom. The molecule has 0 aliphatic heterocycles. The lowest BCUT2D eigenvalue weighted by molar-refractivity contribution is 0.319. The normalized spacial score (nSPS) is 10.4. The number of hydrogen-bond donors (Lipinski definition) is 1. The lowest BCUT2D eigenvalue weighted by Gasteiger charge is -2.13. The number of anilines is 1. The molecule has 6 heteroatoms. The van der Waals surface area contributed by atoms with Crippen LogP contribution in [0.4, 0.5) is 10.1 Å². The smallest absolute Gasteiger partial charge is 0.167 e. The summed E-state index contributed by atoms with van der Waals surface area (Å²) < 4.78 is 24.3. The van der Waals surface area contributed by atoms with E-state index in [4.69, 9.17) is 38.4 Å². The highest BCUT2D eigenvalue weighted by Crippen LogP contribution is 2.38. The van der Waals surface area contributed by atoms with Crippen LogP contribution in [0, 0.1) is 5.82 Å². The van der Waals surface area contributed by atoms with Crippen molar-refractivity contribution in [2.45, 2.75) is 6.92 Å². The van der Waals surface area contributed by atoms with Crippen molar-refractivity contribution in [1.82, 2.24) is 0 Å². The van der Waals surface area contributed by atoms with Gasteiger partial charge in [0, 0.05) is 12.1 Å². The van der Waals surface area contributed by atoms with Crippen molar-refractivity contribution in [3.63, 3.8) is 0 Å². The third-order valence-electron chi connectivity index (χ3n) is 2.50. The van der Waals surface area contributed by atoms with Gasteiger partial charge < -0.3 is 15.2 Å². The molecule has 0 bridgehead atoms. The van der Waals surface area contributed by atoms with Crippen LogP contribution in [0.3, 0.4) is 0 Å². The number of benzene rings is 2. The number of hydrogen-bond acceptors (Lipinski definition) is 3. The molecule has 0 saturated heterocycles. The fourth-order valence-corrected chi connectivity index (χ4v) is 1.92. The average molecular weight is 316 g/mol. The standard InChI is InChI=1S/C14H12Cl2FNO2/c1-2-19-12-7-13(10(18)6-9(12)17)20-11-5-3-4-8(15)14(11)16/h3-7H,2,18H2,1H3. The second-order valence-electron chi connectivity index (χ2n) is 3.91. The summed E-state index contributed by atoms with van der Waals surface area (Å²) in [5.74, 6) is 0.0997. The molecule has 0 radical (unpaired) electrons. The van der Waals surface area contributed by atoms with Gasteiger partial charge in [0.15, 0.2) is 17.3 Å². The minimum absolute atomic E-state index is 0.0647. The van der Waals surface area contributed by atoms with E-state index in [1.807, 2.05) is 0 Å². The molecule has 0 fully saturated rings. The minimum Gasteiger partial charge on any atom is -0.491 e. The fourth-order valence-electron chi connectivity index (χ4n) is 1.59. The summed E-state index contributed by atoms with van der Waals surface area (Å²) >= 11 is 11.9. The van der Waals surface area contributed by atoms with Crippen LogP contribution in [-0.2, 0) is 0 Å². The van der Waals surface area contributed by atoms with E-state index in [-0.39, 0.29) is 22.2 Å². The van der Waals surface area contributed by atoms with E-state index in [0.717, 1.165) is 6.07 Å². The van der Waals surface area contributed by atoms with Gasteiger partial charge in [-0.15, -0.1) is 0 Å². The van der Waals surface area contributed by atoms with Crippen LogP contribution in [0.2, 0.25) is 10.0 Å². The Morgan fingerprint density at radius 3 is 2.60 bits per heavy atom. The zero-order valence-electron chi connectivity index (χ0n) is 10.6. The molecule has 2 aromatic carbocycles. The van der Waals surface area contributed by atoms with Crippen LogP contribution < -0.4 is 15.2 Å². The van der Waals surface area contributed by atoms with Gasteiger partial charge in [-0.3, -0.25) is 0 Å². The maximum Gasteiger partial charge on any atom is 0.167 e. The summed E-state index contributed by atoms with van der Waals surface area (Å²) in [5, 5.41) is 0.616. The molecule has 106 valence electrons. The second kappa shape index (κ2) is 6.20. The van der Waals surface area contributed by atoms with Crippen molar-refractivity contribution in [3.05, 3.63) is 46.2 Å². The van der Waals surface area contributed by atoms with Gasteiger partial charge in [0.05, 0.1) is 17.3 Å². The van der Waals surface area contributed by atoms with Gasteiger partial charge in [-0.05, 0) is 19.1 Å². The predicted octanol–water partition coefficient (Wildman–Crippen LogP) is 4.91. The van der Waals surface area contributed by atoms with Gasteiger partial charge in [0.1, 0.15) is 10.8 Å². The monoisotopic (exact) mass is 315 g/mol. The third kappa shape index (κ3) is 3.08. The predicted molar refractivity (Wildman–Crippen MR) is 78.5 cm³/mol. The Kier molecular flexibility index (Phi) is 4.57. The van der Waals surface area contributed by atoms with E-state index in [9.17, 15) is 4.39 Å². The SMILES string of the molecule is CCOc1cc(Oc2cccc(Cl)c2Cl)c(N)cc1F. The Hall–Kier alpha value is -1.65. The van der Waals surface area contributed by atoms with Crippen molar-refractivity contribution in [1.29, 1.82) is 0 Å². The van der Waals surface area contributed by atoms with Crippen LogP contribution in [0.25, 0.3) is 0 Å². The first-order valence-corrected chi connectivity index (χ1v) is 6.62. The van der Waals surface area contributed by atoms with E-state index in [1.54, 1.807) is 25.1 Å². The Bertz CT molecular complexity index is 635. The van der Waals surface area contributed by atoms with Crippen molar-refractivity contribution < 1.29 is 13.9 Å². The summed E-state index contributed by atoms with van der Waals surface area (Å²) in [4.78, 5) is 0. The highest BCUT2D eigenvalue weighted by atomic mass is 35.5. The van der Waals surface area contributed by atoms with E-state index >= 15 is 0 Å². The number of ether oxygens (including phenoxy) is 2. The maximum absolute atomic E-state index is 13.6. The fraction of sp³-hybridized carbons (Fsp3) is 0.143. The van der Waals surface area contributed by atoms with Gasteiger partial charge in [0.25, 0.3) is 0 Å². The van der Waals surface area contributed by atoms with Gasteiger partial charge >= 0.3 is 0 Å². The Morgan fingerprint density at radius 2 is 1.90 bits per heavy atom. The third-order valence-corrected chi connectivity index (χ3v) is 3.30. The Balaban J connectivity index is 2.38. The lowest BCUT2D eigenvalue weighted by Crippen LogP contribution is -1.99. The molecule has 2 N–H and O–H groups in total. The minimum atomic E-state index is -0.547. The van der Waals surface area contributed by atoms with E-state index in [0.29, 0.717) is 17.4 Å². The van der Waals surface area contributed by atoms with E-state index < -0.39 is 5.82 Å². The van der Waals surface area contributed by atoms with Gasteiger partial charge in [-0.25, -0.2) is 4.39 Å². The van der Waals surface area contributed by atoms with Crippen LogP contribution >= 0.6 is 23.2 Å². The number of nitrogens with two attached hydrogens (primary N) is 1. The molecule has 0 heterocycles. The van der Waals surface area contributed by atoms with E-state index in [2.05, 4.69) is 0 Å². The summed E-state index contributed by atoms with van der Waals surface area (Å²) in [7, 11) is 0. The largest absolute Gasteiger partial charge is 0.491 e. The lowest BCUT2D eigenvalue weighted by atomic mass is 10.2. The molecule has 3 nitrogen and oxygen atoms in total. The molecule has 0 saturated carbocycles. The van der Waals surface area contributed by atoms with Gasteiger partial charge in [-0.1, -0.05) is 29.3 Å². The van der Waals surface area contributed by atoms with Crippen molar-refractivity contribution in [2.75, 3.05) is 12.3 Å². The number of halogens is 3. The number of rotatable bonds is 4.